The number of rotatable bonds is 6. The van der Waals surface area contributed by atoms with Gasteiger partial charge in [-0.15, -0.1) is 10.2 Å². The van der Waals surface area contributed by atoms with E-state index >= 15 is 0 Å². The van der Waals surface area contributed by atoms with Crippen LogP contribution in [0, 0.1) is 13.8 Å². The zero-order valence-electron chi connectivity index (χ0n) is 18.7. The Morgan fingerprint density at radius 2 is 1.88 bits per heavy atom. The van der Waals surface area contributed by atoms with E-state index < -0.39 is 0 Å². The molecule has 1 amide bonds. The third kappa shape index (κ3) is 4.09. The Labute approximate surface area is 195 Å². The number of thioether (sulfide) groups is 1. The van der Waals surface area contributed by atoms with Gasteiger partial charge in [0.1, 0.15) is 5.52 Å². The lowest BCUT2D eigenvalue weighted by Crippen LogP contribution is -2.15. The van der Waals surface area contributed by atoms with E-state index in [-0.39, 0.29) is 11.7 Å². The normalized spacial score (nSPS) is 11.4. The Hall–Kier alpha value is -3.65. The summed E-state index contributed by atoms with van der Waals surface area (Å²) in [7, 11) is 0. The summed E-state index contributed by atoms with van der Waals surface area (Å²) < 4.78 is 3.72. The molecule has 3 aromatic heterocycles. The number of carbonyl (C=O) groups is 1. The zero-order valence-corrected chi connectivity index (χ0v) is 19.6. The van der Waals surface area contributed by atoms with Gasteiger partial charge in [-0.2, -0.15) is 5.10 Å². The van der Waals surface area contributed by atoms with Gasteiger partial charge in [0.05, 0.1) is 11.4 Å². The van der Waals surface area contributed by atoms with Crippen molar-refractivity contribution in [3.8, 4) is 11.3 Å². The van der Waals surface area contributed by atoms with Gasteiger partial charge in [0, 0.05) is 23.6 Å². The van der Waals surface area contributed by atoms with Crippen LogP contribution in [0.15, 0.2) is 66.1 Å². The number of hydrogen-bond acceptors (Lipinski definition) is 5. The van der Waals surface area contributed by atoms with Crippen molar-refractivity contribution in [2.75, 3.05) is 11.1 Å². The number of fused-ring (bicyclic) bond motifs is 3. The number of nitrogens with zero attached hydrogens (tertiary/aromatic N) is 5. The predicted octanol–water partition coefficient (Wildman–Crippen LogP) is 4.95. The second-order valence-corrected chi connectivity index (χ2v) is 8.92. The molecule has 0 spiro atoms. The Balaban J connectivity index is 1.37. The molecule has 0 aliphatic rings. The van der Waals surface area contributed by atoms with Crippen molar-refractivity contribution in [3.63, 3.8) is 0 Å². The predicted molar refractivity (Wildman–Crippen MR) is 132 cm³/mol. The zero-order chi connectivity index (χ0) is 22.9. The third-order valence-electron chi connectivity index (χ3n) is 5.79. The summed E-state index contributed by atoms with van der Waals surface area (Å²) in [6, 6.07) is 16.2. The molecule has 0 aliphatic carbocycles. The van der Waals surface area contributed by atoms with Crippen molar-refractivity contribution in [2.24, 2.45) is 0 Å². The molecule has 0 unspecified atom stereocenters. The van der Waals surface area contributed by atoms with Gasteiger partial charge in [0.2, 0.25) is 5.91 Å². The fourth-order valence-electron chi connectivity index (χ4n) is 3.80. The number of amides is 1. The molecular weight excluding hydrogens is 432 g/mol. The van der Waals surface area contributed by atoms with Crippen LogP contribution in [0.2, 0.25) is 0 Å². The van der Waals surface area contributed by atoms with Crippen LogP contribution in [0.5, 0.6) is 0 Å². The summed E-state index contributed by atoms with van der Waals surface area (Å²) in [4.78, 5) is 12.5. The monoisotopic (exact) mass is 456 g/mol. The molecule has 5 aromatic rings. The maximum Gasteiger partial charge on any atom is 0.234 e. The van der Waals surface area contributed by atoms with Crippen molar-refractivity contribution in [1.29, 1.82) is 0 Å². The molecule has 33 heavy (non-hydrogen) atoms. The summed E-state index contributed by atoms with van der Waals surface area (Å²) in [5.41, 5.74) is 7.99. The molecule has 7 nitrogen and oxygen atoms in total. The van der Waals surface area contributed by atoms with E-state index in [9.17, 15) is 4.79 Å². The number of hydrogen-bond donors (Lipinski definition) is 1. The minimum absolute atomic E-state index is 0.0693. The number of anilines is 1. The lowest BCUT2D eigenvalue weighted by Gasteiger charge is -2.09. The molecule has 166 valence electrons. The van der Waals surface area contributed by atoms with E-state index in [1.165, 1.54) is 22.9 Å². The smallest absolute Gasteiger partial charge is 0.234 e. The highest BCUT2D eigenvalue weighted by atomic mass is 32.2. The van der Waals surface area contributed by atoms with Crippen LogP contribution >= 0.6 is 11.8 Å². The van der Waals surface area contributed by atoms with Gasteiger partial charge in [-0.25, -0.2) is 4.52 Å². The van der Waals surface area contributed by atoms with Gasteiger partial charge < -0.3 is 5.32 Å². The fourth-order valence-corrected chi connectivity index (χ4v) is 4.52. The van der Waals surface area contributed by atoms with Crippen molar-refractivity contribution in [2.45, 2.75) is 32.3 Å². The first-order chi connectivity index (χ1) is 16.0. The van der Waals surface area contributed by atoms with Crippen LogP contribution in [0.25, 0.3) is 22.4 Å². The number of benzene rings is 2. The molecule has 2 aromatic carbocycles. The van der Waals surface area contributed by atoms with Crippen LogP contribution in [0.1, 0.15) is 23.6 Å². The Morgan fingerprint density at radius 3 is 2.70 bits per heavy atom. The average molecular weight is 457 g/mol. The number of aryl methyl sites for hydroxylation is 3. The molecule has 0 saturated heterocycles. The number of para-hydroxylation sites is 1. The highest BCUT2D eigenvalue weighted by molar-refractivity contribution is 7.99. The first-order valence-electron chi connectivity index (χ1n) is 10.8. The maximum atomic E-state index is 12.5. The lowest BCUT2D eigenvalue weighted by atomic mass is 10.0. The molecule has 3 heterocycles. The molecule has 0 aliphatic heterocycles. The van der Waals surface area contributed by atoms with Gasteiger partial charge in [-0.3, -0.25) is 9.20 Å². The topological polar surface area (TPSA) is 76.6 Å². The van der Waals surface area contributed by atoms with E-state index in [4.69, 9.17) is 5.10 Å². The van der Waals surface area contributed by atoms with E-state index in [1.54, 1.807) is 0 Å². The Morgan fingerprint density at radius 1 is 1.03 bits per heavy atom. The van der Waals surface area contributed by atoms with Gasteiger partial charge in [0.15, 0.2) is 10.8 Å². The van der Waals surface area contributed by atoms with Crippen LogP contribution in [0.4, 0.5) is 5.69 Å². The van der Waals surface area contributed by atoms with Gasteiger partial charge >= 0.3 is 0 Å². The minimum atomic E-state index is -0.0693. The van der Waals surface area contributed by atoms with Crippen molar-refractivity contribution in [1.82, 2.24) is 24.2 Å². The largest absolute Gasteiger partial charge is 0.325 e. The molecule has 0 radical (unpaired) electrons. The van der Waals surface area contributed by atoms with E-state index in [0.717, 1.165) is 34.4 Å². The SMILES string of the molecule is CCc1ccccc1NC(=O)CSc1nnc2c3cc(-c4ccc(C)c(C)c4)nn3ccn12. The number of aromatic nitrogens is 5. The summed E-state index contributed by atoms with van der Waals surface area (Å²) in [6.07, 6.45) is 4.63. The minimum Gasteiger partial charge on any atom is -0.325 e. The standard InChI is InChI=1S/C25H24N6OS/c1-4-18-7-5-6-8-20(18)26-23(32)15-33-25-28-27-24-22-14-21(29-31(22)12-11-30(24)25)19-10-9-16(2)17(3)13-19/h5-14H,4,15H2,1-3H3,(H,26,32). The highest BCUT2D eigenvalue weighted by Crippen LogP contribution is 2.26. The molecule has 0 fully saturated rings. The van der Waals surface area contributed by atoms with Crippen molar-refractivity contribution >= 4 is 34.5 Å². The fraction of sp³-hybridized carbons (Fsp3) is 0.200. The van der Waals surface area contributed by atoms with Crippen molar-refractivity contribution < 1.29 is 4.79 Å². The Bertz CT molecular complexity index is 1490. The summed E-state index contributed by atoms with van der Waals surface area (Å²) in [5, 5.41) is 17.1. The van der Waals surface area contributed by atoms with Crippen LogP contribution in [0.3, 0.4) is 0 Å². The second-order valence-electron chi connectivity index (χ2n) is 7.98. The second kappa shape index (κ2) is 8.71. The van der Waals surface area contributed by atoms with Crippen LogP contribution in [-0.2, 0) is 11.2 Å². The highest BCUT2D eigenvalue weighted by Gasteiger charge is 2.15. The van der Waals surface area contributed by atoms with Crippen LogP contribution < -0.4 is 5.32 Å². The number of nitrogens with one attached hydrogen (secondary N) is 1. The molecule has 1 N–H and O–H groups in total. The first-order valence-corrected chi connectivity index (χ1v) is 11.8. The van der Waals surface area contributed by atoms with Gasteiger partial charge in [-0.05, 0) is 55.2 Å². The van der Waals surface area contributed by atoms with E-state index in [0.29, 0.717) is 10.8 Å². The lowest BCUT2D eigenvalue weighted by molar-refractivity contribution is -0.113. The van der Waals surface area contributed by atoms with Gasteiger partial charge in [-0.1, -0.05) is 49.0 Å². The van der Waals surface area contributed by atoms with Gasteiger partial charge in [0.25, 0.3) is 0 Å². The molecule has 5 rings (SSSR count). The molecular formula is C25H24N6OS. The summed E-state index contributed by atoms with van der Waals surface area (Å²) in [5.74, 6) is 0.178. The quantitative estimate of drug-likeness (QED) is 0.366. The molecule has 0 saturated carbocycles. The maximum absolute atomic E-state index is 12.5. The Kier molecular flexibility index (Phi) is 5.60. The number of carbonyl (C=O) groups excluding carboxylic acids is 1. The van der Waals surface area contributed by atoms with E-state index in [2.05, 4.69) is 54.5 Å². The third-order valence-corrected chi connectivity index (χ3v) is 6.74. The van der Waals surface area contributed by atoms with E-state index in [1.807, 2.05) is 51.6 Å². The average Bonchev–Trinajstić information content (AvgIpc) is 3.44. The van der Waals surface area contributed by atoms with Crippen molar-refractivity contribution in [3.05, 3.63) is 77.6 Å². The van der Waals surface area contributed by atoms with Crippen LogP contribution in [-0.4, -0.2) is 35.9 Å². The molecule has 0 bridgehead atoms. The first kappa shape index (κ1) is 21.2. The molecule has 8 heteroatoms. The summed E-state index contributed by atoms with van der Waals surface area (Å²) >= 11 is 1.36. The molecule has 0 atom stereocenters. The summed E-state index contributed by atoms with van der Waals surface area (Å²) in [6.45, 7) is 6.28.